The number of ether oxygens (including phenoxy) is 1. The summed E-state index contributed by atoms with van der Waals surface area (Å²) in [5.74, 6) is 0.937. The Morgan fingerprint density at radius 1 is 1.16 bits per heavy atom. The van der Waals surface area contributed by atoms with Crippen LogP contribution in [0.25, 0.3) is 15.9 Å². The number of nitrogens with one attached hydrogen (secondary N) is 1. The fourth-order valence-corrected chi connectivity index (χ4v) is 7.03. The second kappa shape index (κ2) is 10.7. The Morgan fingerprint density at radius 3 is 2.65 bits per heavy atom. The Morgan fingerprint density at radius 2 is 1.95 bits per heavy atom. The van der Waals surface area contributed by atoms with E-state index in [-0.39, 0.29) is 23.0 Å². The molecule has 0 unspecified atom stereocenters. The summed E-state index contributed by atoms with van der Waals surface area (Å²) in [6.45, 7) is 8.57. The molecule has 1 aromatic carbocycles. The first-order valence-electron chi connectivity index (χ1n) is 12.3. The molecule has 0 spiro atoms. The largest absolute Gasteiger partial charge is 0.369 e. The van der Waals surface area contributed by atoms with Gasteiger partial charge in [0.25, 0.3) is 0 Å². The molecule has 1 aliphatic heterocycles. The average Bonchev–Trinajstić information content (AvgIpc) is 3.47. The van der Waals surface area contributed by atoms with Gasteiger partial charge in [0.05, 0.1) is 23.3 Å². The molecule has 0 radical (unpaired) electrons. The SMILES string of the molecule is CCCSc1nc2sc3c(c2c2nnc(SCC(=O)Nc4ccc(C(C)=O)cc4)n12)C[C@@](C)(CC)OC3. The smallest absolute Gasteiger partial charge is 0.234 e. The van der Waals surface area contributed by atoms with Crippen molar-refractivity contribution in [2.75, 3.05) is 16.8 Å². The number of amides is 1. The second-order valence-electron chi connectivity index (χ2n) is 9.31. The van der Waals surface area contributed by atoms with Crippen molar-refractivity contribution in [3.05, 3.63) is 40.3 Å². The van der Waals surface area contributed by atoms with E-state index >= 15 is 0 Å². The van der Waals surface area contributed by atoms with Gasteiger partial charge < -0.3 is 10.1 Å². The van der Waals surface area contributed by atoms with Crippen molar-refractivity contribution in [3.8, 4) is 0 Å². The number of aromatic nitrogens is 4. The normalized spacial score (nSPS) is 17.3. The van der Waals surface area contributed by atoms with Crippen molar-refractivity contribution in [1.29, 1.82) is 0 Å². The summed E-state index contributed by atoms with van der Waals surface area (Å²) >= 11 is 4.70. The molecule has 194 valence electrons. The van der Waals surface area contributed by atoms with Crippen molar-refractivity contribution >= 4 is 68.1 Å². The van der Waals surface area contributed by atoms with Crippen LogP contribution >= 0.6 is 34.9 Å². The molecule has 0 saturated carbocycles. The van der Waals surface area contributed by atoms with Crippen LogP contribution < -0.4 is 5.32 Å². The molecule has 1 aliphatic rings. The number of thioether (sulfide) groups is 2. The topological polar surface area (TPSA) is 98.5 Å². The number of carbonyl (C=O) groups is 2. The summed E-state index contributed by atoms with van der Waals surface area (Å²) in [4.78, 5) is 31.4. The van der Waals surface area contributed by atoms with Gasteiger partial charge in [-0.3, -0.25) is 9.59 Å². The predicted octanol–water partition coefficient (Wildman–Crippen LogP) is 6.02. The molecule has 0 aliphatic carbocycles. The highest BCUT2D eigenvalue weighted by atomic mass is 32.2. The molecule has 0 bridgehead atoms. The first-order chi connectivity index (χ1) is 17.8. The fourth-order valence-electron chi connectivity index (χ4n) is 4.24. The van der Waals surface area contributed by atoms with Crippen LogP contribution in [0.15, 0.2) is 34.6 Å². The zero-order chi connectivity index (χ0) is 26.2. The minimum atomic E-state index is -0.202. The van der Waals surface area contributed by atoms with Crippen molar-refractivity contribution in [2.24, 2.45) is 0 Å². The first kappa shape index (κ1) is 26.1. The summed E-state index contributed by atoms with van der Waals surface area (Å²) in [5, 5.41) is 14.5. The van der Waals surface area contributed by atoms with Crippen LogP contribution in [-0.4, -0.2) is 48.4 Å². The maximum absolute atomic E-state index is 12.7. The van der Waals surface area contributed by atoms with E-state index in [1.807, 2.05) is 4.40 Å². The van der Waals surface area contributed by atoms with Crippen LogP contribution in [0.3, 0.4) is 0 Å². The lowest BCUT2D eigenvalue weighted by Crippen LogP contribution is -2.33. The summed E-state index contributed by atoms with van der Waals surface area (Å²) in [6.07, 6.45) is 2.76. The summed E-state index contributed by atoms with van der Waals surface area (Å²) in [6, 6.07) is 6.89. The van der Waals surface area contributed by atoms with E-state index in [9.17, 15) is 9.59 Å². The lowest BCUT2D eigenvalue weighted by molar-refractivity contribution is -0.113. The Kier molecular flexibility index (Phi) is 7.58. The van der Waals surface area contributed by atoms with E-state index in [4.69, 9.17) is 9.72 Å². The number of anilines is 1. The molecule has 11 heteroatoms. The number of hydrogen-bond acceptors (Lipinski definition) is 9. The van der Waals surface area contributed by atoms with Crippen LogP contribution in [-0.2, 0) is 22.6 Å². The minimum absolute atomic E-state index is 0.00897. The van der Waals surface area contributed by atoms with Crippen LogP contribution in [0.4, 0.5) is 5.69 Å². The third kappa shape index (κ3) is 5.27. The number of fused-ring (bicyclic) bond motifs is 5. The van der Waals surface area contributed by atoms with Crippen LogP contribution in [0.5, 0.6) is 0 Å². The van der Waals surface area contributed by atoms with Crippen molar-refractivity contribution in [2.45, 2.75) is 69.5 Å². The molecular formula is C26H29N5O3S3. The van der Waals surface area contributed by atoms with Gasteiger partial charge in [-0.2, -0.15) is 0 Å². The van der Waals surface area contributed by atoms with E-state index in [1.54, 1.807) is 47.4 Å². The van der Waals surface area contributed by atoms with E-state index in [0.29, 0.717) is 23.0 Å². The molecule has 8 nitrogen and oxygen atoms in total. The standard InChI is InChI=1S/C26H29N5O3S3/c1-5-11-35-24-28-23-21(18-12-26(4,6-2)34-13-19(18)37-23)22-29-30-25(31(22)24)36-14-20(33)27-17-9-7-16(8-10-17)15(3)32/h7-10H,5-6,11-14H2,1-4H3,(H,27,33)/t26-/m1/s1. The monoisotopic (exact) mass is 555 g/mol. The number of hydrogen-bond donors (Lipinski definition) is 1. The molecule has 4 heterocycles. The van der Waals surface area contributed by atoms with Crippen LogP contribution in [0.1, 0.15) is 61.3 Å². The number of rotatable bonds is 9. The highest BCUT2D eigenvalue weighted by Gasteiger charge is 2.33. The van der Waals surface area contributed by atoms with E-state index in [2.05, 4.69) is 36.3 Å². The van der Waals surface area contributed by atoms with Gasteiger partial charge in [0.1, 0.15) is 4.83 Å². The molecule has 0 saturated heterocycles. The van der Waals surface area contributed by atoms with Gasteiger partial charge in [0.15, 0.2) is 21.7 Å². The van der Waals surface area contributed by atoms with Crippen molar-refractivity contribution in [1.82, 2.24) is 19.6 Å². The second-order valence-corrected chi connectivity index (χ2v) is 12.4. The van der Waals surface area contributed by atoms with Crippen LogP contribution in [0.2, 0.25) is 0 Å². The fraction of sp³-hybridized carbons (Fsp3) is 0.423. The predicted molar refractivity (Wildman–Crippen MR) is 150 cm³/mol. The van der Waals surface area contributed by atoms with Gasteiger partial charge in [-0.15, -0.1) is 21.5 Å². The summed E-state index contributed by atoms with van der Waals surface area (Å²) in [5.41, 5.74) is 3.11. The number of ketones is 1. The Bertz CT molecular complexity index is 1480. The number of carbonyl (C=O) groups excluding carboxylic acids is 2. The Labute approximate surface area is 228 Å². The van der Waals surface area contributed by atoms with Gasteiger partial charge >= 0.3 is 0 Å². The maximum atomic E-state index is 12.7. The lowest BCUT2D eigenvalue weighted by atomic mass is 9.90. The highest BCUT2D eigenvalue weighted by molar-refractivity contribution is 8.00. The average molecular weight is 556 g/mol. The number of nitrogens with zero attached hydrogens (tertiary/aromatic N) is 4. The number of benzene rings is 1. The summed E-state index contributed by atoms with van der Waals surface area (Å²) < 4.78 is 8.19. The molecule has 1 amide bonds. The Balaban J connectivity index is 1.44. The van der Waals surface area contributed by atoms with E-state index in [0.717, 1.165) is 46.0 Å². The van der Waals surface area contributed by atoms with E-state index in [1.165, 1.54) is 29.1 Å². The third-order valence-electron chi connectivity index (χ3n) is 6.51. The van der Waals surface area contributed by atoms with Gasteiger partial charge in [-0.25, -0.2) is 9.38 Å². The van der Waals surface area contributed by atoms with Crippen molar-refractivity contribution < 1.29 is 14.3 Å². The zero-order valence-electron chi connectivity index (χ0n) is 21.3. The summed E-state index contributed by atoms with van der Waals surface area (Å²) in [7, 11) is 0. The number of Topliss-reactive ketones (excluding diaryl/α,β-unsaturated/α-hetero) is 1. The van der Waals surface area contributed by atoms with Crippen molar-refractivity contribution in [3.63, 3.8) is 0 Å². The van der Waals surface area contributed by atoms with E-state index < -0.39 is 0 Å². The van der Waals surface area contributed by atoms with Gasteiger partial charge in [0, 0.05) is 28.3 Å². The lowest BCUT2D eigenvalue weighted by Gasteiger charge is -2.33. The molecule has 5 rings (SSSR count). The van der Waals surface area contributed by atoms with Gasteiger partial charge in [-0.05, 0) is 56.5 Å². The minimum Gasteiger partial charge on any atom is -0.369 e. The van der Waals surface area contributed by atoms with Gasteiger partial charge in [-0.1, -0.05) is 37.4 Å². The Hall–Kier alpha value is -2.47. The third-order valence-corrected chi connectivity index (χ3v) is 9.68. The molecule has 3 aromatic heterocycles. The zero-order valence-corrected chi connectivity index (χ0v) is 23.7. The molecule has 4 aromatic rings. The molecular weight excluding hydrogens is 527 g/mol. The maximum Gasteiger partial charge on any atom is 0.234 e. The molecule has 1 N–H and O–H groups in total. The molecule has 1 atom stereocenters. The molecule has 0 fully saturated rings. The first-order valence-corrected chi connectivity index (χ1v) is 15.1. The van der Waals surface area contributed by atoms with Crippen LogP contribution in [0, 0.1) is 0 Å². The highest BCUT2D eigenvalue weighted by Crippen LogP contribution is 2.42. The van der Waals surface area contributed by atoms with Gasteiger partial charge in [0.2, 0.25) is 5.91 Å². The quantitative estimate of drug-likeness (QED) is 0.152. The molecule has 37 heavy (non-hydrogen) atoms. The number of thiophene rings is 1.